The molecule has 2 aromatic heterocycles. The molecule has 0 fully saturated rings. The lowest BCUT2D eigenvalue weighted by Crippen LogP contribution is -2.44. The maximum Gasteiger partial charge on any atom is 0.326 e. The van der Waals surface area contributed by atoms with E-state index in [2.05, 4.69) is 4.98 Å². The highest BCUT2D eigenvalue weighted by molar-refractivity contribution is 7.16. The molecule has 8 heteroatoms. The lowest BCUT2D eigenvalue weighted by Gasteiger charge is -2.23. The molecule has 1 unspecified atom stereocenters. The van der Waals surface area contributed by atoms with Gasteiger partial charge in [0.1, 0.15) is 17.4 Å². The number of carbonyl (C=O) groups is 2. The Morgan fingerprint density at radius 3 is 2.86 bits per heavy atom. The average Bonchev–Trinajstić information content (AvgIpc) is 2.91. The van der Waals surface area contributed by atoms with Crippen LogP contribution in [0.3, 0.4) is 0 Å². The van der Waals surface area contributed by atoms with Crippen molar-refractivity contribution in [2.45, 2.75) is 25.9 Å². The number of fused-ring (bicyclic) bond motifs is 1. The second-order valence-corrected chi connectivity index (χ2v) is 5.48. The van der Waals surface area contributed by atoms with Crippen LogP contribution < -0.4 is 5.56 Å². The Labute approximate surface area is 124 Å². The van der Waals surface area contributed by atoms with Gasteiger partial charge in [0.2, 0.25) is 5.91 Å². The number of thiophene rings is 1. The van der Waals surface area contributed by atoms with E-state index in [1.807, 2.05) is 0 Å². The summed E-state index contributed by atoms with van der Waals surface area (Å²) < 4.78 is 1.20. The molecule has 0 aliphatic heterocycles. The molecule has 0 aromatic carbocycles. The minimum absolute atomic E-state index is 0.224. The van der Waals surface area contributed by atoms with Gasteiger partial charge in [-0.05, 0) is 17.9 Å². The summed E-state index contributed by atoms with van der Waals surface area (Å²) in [4.78, 5) is 41.2. The molecule has 1 N–H and O–H groups in total. The van der Waals surface area contributed by atoms with Crippen LogP contribution in [0, 0.1) is 0 Å². The van der Waals surface area contributed by atoms with E-state index in [9.17, 15) is 14.4 Å². The zero-order valence-electron chi connectivity index (χ0n) is 11.6. The zero-order valence-corrected chi connectivity index (χ0v) is 12.5. The van der Waals surface area contributed by atoms with Crippen LogP contribution in [0.25, 0.3) is 10.2 Å². The highest BCUT2D eigenvalue weighted by Gasteiger charge is 2.25. The molecule has 2 rings (SSSR count). The van der Waals surface area contributed by atoms with Crippen molar-refractivity contribution in [1.29, 1.82) is 0 Å². The first-order valence-electron chi connectivity index (χ1n) is 6.36. The lowest BCUT2D eigenvalue weighted by molar-refractivity contribution is -0.149. The molecule has 112 valence electrons. The van der Waals surface area contributed by atoms with E-state index >= 15 is 0 Å². The number of nitrogens with zero attached hydrogens (tertiary/aromatic N) is 3. The van der Waals surface area contributed by atoms with Gasteiger partial charge in [-0.1, -0.05) is 6.92 Å². The molecule has 0 saturated heterocycles. The molecule has 1 atom stereocenters. The largest absolute Gasteiger partial charge is 0.480 e. The van der Waals surface area contributed by atoms with E-state index in [4.69, 9.17) is 5.11 Å². The zero-order chi connectivity index (χ0) is 15.6. The van der Waals surface area contributed by atoms with Gasteiger partial charge in [0, 0.05) is 7.05 Å². The average molecular weight is 309 g/mol. The molecule has 0 spiro atoms. The van der Waals surface area contributed by atoms with Crippen LogP contribution in [-0.2, 0) is 16.1 Å². The van der Waals surface area contributed by atoms with E-state index in [0.29, 0.717) is 16.6 Å². The second-order valence-electron chi connectivity index (χ2n) is 4.58. The van der Waals surface area contributed by atoms with Gasteiger partial charge in [0.05, 0.1) is 11.7 Å². The van der Waals surface area contributed by atoms with Gasteiger partial charge in [-0.15, -0.1) is 11.3 Å². The van der Waals surface area contributed by atoms with E-state index in [-0.39, 0.29) is 12.1 Å². The summed E-state index contributed by atoms with van der Waals surface area (Å²) in [6.45, 7) is 1.46. The molecule has 0 aliphatic rings. The molecule has 0 radical (unpaired) electrons. The molecule has 0 aliphatic carbocycles. The Hall–Kier alpha value is -2.22. The van der Waals surface area contributed by atoms with Crippen molar-refractivity contribution in [3.63, 3.8) is 0 Å². The molecule has 1 amide bonds. The van der Waals surface area contributed by atoms with Crippen LogP contribution in [0.15, 0.2) is 22.6 Å². The fourth-order valence-electron chi connectivity index (χ4n) is 2.05. The third-order valence-corrected chi connectivity index (χ3v) is 4.11. The van der Waals surface area contributed by atoms with Crippen LogP contribution >= 0.6 is 11.3 Å². The number of hydrogen-bond acceptors (Lipinski definition) is 5. The normalized spacial score (nSPS) is 12.3. The standard InChI is InChI=1S/C13H15N3O4S/c1-3-9(13(19)20)15(2)10(17)6-16-7-14-11-8(12(16)18)4-5-21-11/h4-5,7,9H,3,6H2,1-2H3,(H,19,20). The van der Waals surface area contributed by atoms with Crippen molar-refractivity contribution >= 4 is 33.4 Å². The minimum Gasteiger partial charge on any atom is -0.480 e. The second kappa shape index (κ2) is 6.04. The minimum atomic E-state index is -1.06. The first-order chi connectivity index (χ1) is 9.95. The third kappa shape index (κ3) is 2.94. The Morgan fingerprint density at radius 2 is 2.24 bits per heavy atom. The number of aromatic nitrogens is 2. The molecule has 2 aromatic rings. The van der Waals surface area contributed by atoms with E-state index in [1.165, 1.54) is 29.3 Å². The number of carbonyl (C=O) groups excluding carboxylic acids is 1. The Kier molecular flexibility index (Phi) is 4.37. The summed E-state index contributed by atoms with van der Waals surface area (Å²) in [6, 6.07) is 0.762. The predicted octanol–water partition coefficient (Wildman–Crippen LogP) is 0.780. The molecule has 0 saturated carbocycles. The number of likely N-dealkylation sites (N-methyl/N-ethyl adjacent to an activating group) is 1. The highest BCUT2D eigenvalue weighted by atomic mass is 32.1. The molecular formula is C13H15N3O4S. The number of aliphatic carboxylic acids is 1. The number of rotatable bonds is 5. The van der Waals surface area contributed by atoms with Crippen LogP contribution in [0.1, 0.15) is 13.3 Å². The molecular weight excluding hydrogens is 294 g/mol. The summed E-state index contributed by atoms with van der Waals surface area (Å²) in [5, 5.41) is 11.3. The first kappa shape index (κ1) is 15.2. The highest BCUT2D eigenvalue weighted by Crippen LogP contribution is 2.13. The number of amides is 1. The topological polar surface area (TPSA) is 92.5 Å². The molecule has 2 heterocycles. The Bertz CT molecular complexity index is 736. The van der Waals surface area contributed by atoms with Gasteiger partial charge >= 0.3 is 5.97 Å². The van der Waals surface area contributed by atoms with E-state index in [1.54, 1.807) is 18.4 Å². The Balaban J connectivity index is 2.23. The summed E-state index contributed by atoms with van der Waals surface area (Å²) in [7, 11) is 1.42. The van der Waals surface area contributed by atoms with Crippen LogP contribution in [-0.4, -0.2) is 44.5 Å². The SMILES string of the molecule is CCC(C(=O)O)N(C)C(=O)Cn1cnc2sccc2c1=O. The number of carboxylic acids is 1. The van der Waals surface area contributed by atoms with Crippen molar-refractivity contribution in [3.8, 4) is 0 Å². The van der Waals surface area contributed by atoms with Gasteiger partial charge in [0.15, 0.2) is 0 Å². The van der Waals surface area contributed by atoms with Crippen LogP contribution in [0.2, 0.25) is 0 Å². The monoisotopic (exact) mass is 309 g/mol. The van der Waals surface area contributed by atoms with E-state index in [0.717, 1.165) is 4.90 Å². The van der Waals surface area contributed by atoms with Gasteiger partial charge in [0.25, 0.3) is 5.56 Å². The Morgan fingerprint density at radius 1 is 1.52 bits per heavy atom. The van der Waals surface area contributed by atoms with Crippen molar-refractivity contribution in [1.82, 2.24) is 14.5 Å². The fourth-order valence-corrected chi connectivity index (χ4v) is 2.77. The van der Waals surface area contributed by atoms with Gasteiger partial charge in [-0.3, -0.25) is 14.2 Å². The number of carboxylic acid groups (broad SMARTS) is 1. The van der Waals surface area contributed by atoms with Crippen molar-refractivity contribution < 1.29 is 14.7 Å². The van der Waals surface area contributed by atoms with Gasteiger partial charge < -0.3 is 10.0 Å². The van der Waals surface area contributed by atoms with Crippen molar-refractivity contribution in [3.05, 3.63) is 28.1 Å². The predicted molar refractivity (Wildman–Crippen MR) is 78.4 cm³/mol. The van der Waals surface area contributed by atoms with Crippen molar-refractivity contribution in [2.24, 2.45) is 0 Å². The summed E-state index contributed by atoms with van der Waals surface area (Å²) in [6.07, 6.45) is 1.61. The van der Waals surface area contributed by atoms with Crippen LogP contribution in [0.4, 0.5) is 0 Å². The first-order valence-corrected chi connectivity index (χ1v) is 7.24. The number of hydrogen-bond donors (Lipinski definition) is 1. The maximum absolute atomic E-state index is 12.2. The smallest absolute Gasteiger partial charge is 0.326 e. The molecule has 21 heavy (non-hydrogen) atoms. The maximum atomic E-state index is 12.2. The van der Waals surface area contributed by atoms with Crippen LogP contribution in [0.5, 0.6) is 0 Å². The lowest BCUT2D eigenvalue weighted by atomic mass is 10.2. The van der Waals surface area contributed by atoms with Gasteiger partial charge in [-0.2, -0.15) is 0 Å². The third-order valence-electron chi connectivity index (χ3n) is 3.29. The van der Waals surface area contributed by atoms with E-state index < -0.39 is 17.9 Å². The van der Waals surface area contributed by atoms with Crippen molar-refractivity contribution in [2.75, 3.05) is 7.05 Å². The quantitative estimate of drug-likeness (QED) is 0.881. The summed E-state index contributed by atoms with van der Waals surface area (Å²) in [5.41, 5.74) is -0.300. The summed E-state index contributed by atoms with van der Waals surface area (Å²) >= 11 is 1.35. The summed E-state index contributed by atoms with van der Waals surface area (Å²) in [5.74, 6) is -1.50. The molecule has 7 nitrogen and oxygen atoms in total. The molecule has 0 bridgehead atoms. The fraction of sp³-hybridized carbons (Fsp3) is 0.385. The van der Waals surface area contributed by atoms with Gasteiger partial charge in [-0.25, -0.2) is 9.78 Å².